The number of halogens is 1. The maximum Gasteiger partial charge on any atom is 0.128 e. The first kappa shape index (κ1) is 8.35. The maximum atomic E-state index is 8.58. The minimum absolute atomic E-state index is 0.0109. The minimum Gasteiger partial charge on any atom is -0.496 e. The van der Waals surface area contributed by atoms with E-state index in [9.17, 15) is 0 Å². The van der Waals surface area contributed by atoms with Gasteiger partial charge in [-0.25, -0.2) is 0 Å². The van der Waals surface area contributed by atoms with E-state index in [1.54, 1.807) is 7.11 Å². The molecule has 1 unspecified atom stereocenters. The summed E-state index contributed by atoms with van der Waals surface area (Å²) in [5, 5.41) is 8.58. The lowest BCUT2D eigenvalue weighted by Crippen LogP contribution is -2.00. The highest BCUT2D eigenvalue weighted by Crippen LogP contribution is 2.26. The molecule has 1 aliphatic rings. The van der Waals surface area contributed by atoms with E-state index >= 15 is 0 Å². The van der Waals surface area contributed by atoms with E-state index in [-0.39, 0.29) is 5.92 Å². The van der Waals surface area contributed by atoms with Crippen LogP contribution in [-0.2, 0) is 4.74 Å². The van der Waals surface area contributed by atoms with E-state index in [1.165, 1.54) is 0 Å². The molecule has 0 saturated heterocycles. The first-order valence-corrected chi connectivity index (χ1v) is 4.08. The highest BCUT2D eigenvalue weighted by Gasteiger charge is 2.12. The Morgan fingerprint density at radius 1 is 1.82 bits per heavy atom. The number of rotatable bonds is 1. The zero-order valence-corrected chi connectivity index (χ0v) is 7.76. The first-order valence-electron chi connectivity index (χ1n) is 3.29. The molecule has 0 N–H and O–H groups in total. The summed E-state index contributed by atoms with van der Waals surface area (Å²) in [6, 6.07) is 2.17. The lowest BCUT2D eigenvalue weighted by atomic mass is 10.0. The Morgan fingerprint density at radius 2 is 2.55 bits per heavy atom. The monoisotopic (exact) mass is 213 g/mol. The van der Waals surface area contributed by atoms with Gasteiger partial charge in [-0.2, -0.15) is 5.26 Å². The Hall–Kier alpha value is -0.750. The molecule has 2 nitrogen and oxygen atoms in total. The molecule has 0 aromatic heterocycles. The van der Waals surface area contributed by atoms with Crippen molar-refractivity contribution < 1.29 is 4.74 Å². The smallest absolute Gasteiger partial charge is 0.128 e. The zero-order chi connectivity index (χ0) is 8.27. The molecule has 0 aromatic rings. The molecular weight excluding hydrogens is 206 g/mol. The summed E-state index contributed by atoms with van der Waals surface area (Å²) in [6.07, 6.45) is 4.52. The van der Waals surface area contributed by atoms with Crippen LogP contribution in [0.1, 0.15) is 6.42 Å². The molecule has 3 heteroatoms. The molecule has 1 aliphatic carbocycles. The average molecular weight is 214 g/mol. The van der Waals surface area contributed by atoms with Crippen molar-refractivity contribution in [2.45, 2.75) is 6.42 Å². The van der Waals surface area contributed by atoms with E-state index in [1.807, 2.05) is 12.2 Å². The number of nitrogens with zero attached hydrogens (tertiary/aromatic N) is 1. The molecule has 1 atom stereocenters. The van der Waals surface area contributed by atoms with Crippen LogP contribution in [0.5, 0.6) is 0 Å². The van der Waals surface area contributed by atoms with Crippen LogP contribution in [0.4, 0.5) is 0 Å². The molecule has 0 heterocycles. The largest absolute Gasteiger partial charge is 0.496 e. The molecule has 0 spiro atoms. The van der Waals surface area contributed by atoms with Crippen molar-refractivity contribution in [2.24, 2.45) is 5.92 Å². The molecule has 0 saturated carbocycles. The third kappa shape index (κ3) is 1.84. The molecule has 0 aliphatic heterocycles. The summed E-state index contributed by atoms with van der Waals surface area (Å²) in [6.45, 7) is 0. The van der Waals surface area contributed by atoms with Gasteiger partial charge in [0.2, 0.25) is 0 Å². The zero-order valence-electron chi connectivity index (χ0n) is 6.17. The van der Waals surface area contributed by atoms with Gasteiger partial charge in [0.15, 0.2) is 0 Å². The van der Waals surface area contributed by atoms with Gasteiger partial charge in [0.05, 0.1) is 23.6 Å². The van der Waals surface area contributed by atoms with Crippen LogP contribution in [0.15, 0.2) is 22.4 Å². The molecule has 0 radical (unpaired) electrons. The number of ether oxygens (including phenoxy) is 1. The Bertz CT molecular complexity index is 249. The predicted molar refractivity (Wildman–Crippen MR) is 45.8 cm³/mol. The summed E-state index contributed by atoms with van der Waals surface area (Å²) < 4.78 is 5.91. The fourth-order valence-corrected chi connectivity index (χ4v) is 1.57. The van der Waals surface area contributed by atoms with Crippen molar-refractivity contribution in [2.75, 3.05) is 7.11 Å². The van der Waals surface area contributed by atoms with Crippen LogP contribution in [0, 0.1) is 17.2 Å². The van der Waals surface area contributed by atoms with Crippen molar-refractivity contribution in [3.63, 3.8) is 0 Å². The third-order valence-electron chi connectivity index (χ3n) is 1.53. The molecule has 0 bridgehead atoms. The van der Waals surface area contributed by atoms with Crippen molar-refractivity contribution in [1.82, 2.24) is 0 Å². The van der Waals surface area contributed by atoms with Crippen molar-refractivity contribution in [1.29, 1.82) is 5.26 Å². The van der Waals surface area contributed by atoms with Crippen LogP contribution < -0.4 is 0 Å². The van der Waals surface area contributed by atoms with E-state index in [2.05, 4.69) is 22.0 Å². The van der Waals surface area contributed by atoms with Gasteiger partial charge in [0.1, 0.15) is 5.76 Å². The Labute approximate surface area is 74.3 Å². The van der Waals surface area contributed by atoms with Crippen molar-refractivity contribution in [3.8, 4) is 6.07 Å². The van der Waals surface area contributed by atoms with Gasteiger partial charge in [-0.15, -0.1) is 0 Å². The van der Waals surface area contributed by atoms with Gasteiger partial charge >= 0.3 is 0 Å². The Kier molecular flexibility index (Phi) is 2.72. The first-order chi connectivity index (χ1) is 5.27. The Balaban J connectivity index is 2.75. The van der Waals surface area contributed by atoms with Crippen LogP contribution in [0.3, 0.4) is 0 Å². The van der Waals surface area contributed by atoms with Crippen LogP contribution in [0.25, 0.3) is 0 Å². The average Bonchev–Trinajstić information content (AvgIpc) is 2.04. The summed E-state index contributed by atoms with van der Waals surface area (Å²) in [4.78, 5) is 0. The lowest BCUT2D eigenvalue weighted by molar-refractivity contribution is 0.301. The fourth-order valence-electron chi connectivity index (χ4n) is 0.929. The van der Waals surface area contributed by atoms with Gasteiger partial charge in [0.25, 0.3) is 0 Å². The number of hydrogen-bond donors (Lipinski definition) is 0. The van der Waals surface area contributed by atoms with Gasteiger partial charge in [-0.1, -0.05) is 0 Å². The Morgan fingerprint density at radius 3 is 3.00 bits per heavy atom. The third-order valence-corrected chi connectivity index (χ3v) is 2.18. The summed E-state index contributed by atoms with van der Waals surface area (Å²) >= 11 is 3.31. The van der Waals surface area contributed by atoms with E-state index in [0.29, 0.717) is 0 Å². The normalized spacial score (nSPS) is 23.2. The highest BCUT2D eigenvalue weighted by molar-refractivity contribution is 9.11. The number of allylic oxidation sites excluding steroid dienone is 3. The fraction of sp³-hybridized carbons (Fsp3) is 0.375. The topological polar surface area (TPSA) is 33.0 Å². The van der Waals surface area contributed by atoms with E-state index in [4.69, 9.17) is 10.00 Å². The second-order valence-electron chi connectivity index (χ2n) is 2.26. The molecule has 0 aromatic carbocycles. The van der Waals surface area contributed by atoms with Gasteiger partial charge in [-0.05, 0) is 34.5 Å². The van der Waals surface area contributed by atoms with Crippen molar-refractivity contribution >= 4 is 15.9 Å². The second kappa shape index (κ2) is 3.59. The number of nitriles is 1. The molecule has 1 rings (SSSR count). The quantitative estimate of drug-likeness (QED) is 0.671. The molecule has 58 valence electrons. The standard InChI is InChI=1S/C8H8BrNO/c1-11-8-3-2-6(5-10)4-7(8)9/h3-4,6H,2H2,1H3. The van der Waals surface area contributed by atoms with Crippen LogP contribution in [0.2, 0.25) is 0 Å². The van der Waals surface area contributed by atoms with Gasteiger partial charge < -0.3 is 4.74 Å². The summed E-state index contributed by atoms with van der Waals surface area (Å²) in [7, 11) is 1.62. The van der Waals surface area contributed by atoms with Gasteiger partial charge in [-0.3, -0.25) is 0 Å². The van der Waals surface area contributed by atoms with Gasteiger partial charge in [0, 0.05) is 0 Å². The lowest BCUT2D eigenvalue weighted by Gasteiger charge is -2.12. The number of methoxy groups -OCH3 is 1. The van der Waals surface area contributed by atoms with Crippen LogP contribution in [-0.4, -0.2) is 7.11 Å². The summed E-state index contributed by atoms with van der Waals surface area (Å²) in [5.74, 6) is 0.805. The predicted octanol–water partition coefficient (Wildman–Crippen LogP) is 2.34. The highest BCUT2D eigenvalue weighted by atomic mass is 79.9. The molecule has 0 amide bonds. The maximum absolute atomic E-state index is 8.58. The molecule has 0 fully saturated rings. The minimum atomic E-state index is -0.0109. The van der Waals surface area contributed by atoms with Crippen molar-refractivity contribution in [3.05, 3.63) is 22.4 Å². The molecular formula is C8H8BrNO. The molecule has 11 heavy (non-hydrogen) atoms. The second-order valence-corrected chi connectivity index (χ2v) is 3.11. The summed E-state index contributed by atoms with van der Waals surface area (Å²) in [5.41, 5.74) is 0. The SMILES string of the molecule is COC1=CCC(C#N)C=C1Br. The van der Waals surface area contributed by atoms with Crippen LogP contribution >= 0.6 is 15.9 Å². The van der Waals surface area contributed by atoms with E-state index < -0.39 is 0 Å². The van der Waals surface area contributed by atoms with E-state index in [0.717, 1.165) is 16.7 Å². The number of hydrogen-bond acceptors (Lipinski definition) is 2.